The highest BCUT2D eigenvalue weighted by Crippen LogP contribution is 2.21. The average Bonchev–Trinajstić information content (AvgIpc) is 2.96. The van der Waals surface area contributed by atoms with E-state index in [9.17, 15) is 9.18 Å². The first-order valence-electron chi connectivity index (χ1n) is 7.61. The summed E-state index contributed by atoms with van der Waals surface area (Å²) in [7, 11) is 3.51. The Morgan fingerprint density at radius 3 is 2.61 bits per heavy atom. The standard InChI is InChI=1S/C17H23FN4O/c1-12(2)22-11-13(10-20-22)9-19-17(23)16(21(3)4)14-7-5-6-8-15(14)18/h5-8,10-12,16H,9H2,1-4H3,(H,19,23). The van der Waals surface area contributed by atoms with Gasteiger partial charge in [-0.05, 0) is 34.0 Å². The number of rotatable bonds is 6. The van der Waals surface area contributed by atoms with Crippen molar-refractivity contribution in [3.05, 3.63) is 53.6 Å². The molecule has 0 aliphatic rings. The number of likely N-dealkylation sites (N-methyl/N-ethyl adjacent to an activating group) is 1. The molecule has 2 aromatic rings. The van der Waals surface area contributed by atoms with Crippen LogP contribution in [0.3, 0.4) is 0 Å². The van der Waals surface area contributed by atoms with Crippen LogP contribution in [-0.2, 0) is 11.3 Å². The van der Waals surface area contributed by atoms with E-state index in [4.69, 9.17) is 0 Å². The van der Waals surface area contributed by atoms with Crippen LogP contribution in [0.25, 0.3) is 0 Å². The van der Waals surface area contributed by atoms with Crippen molar-refractivity contribution in [1.29, 1.82) is 0 Å². The van der Waals surface area contributed by atoms with Crippen LogP contribution in [0.4, 0.5) is 4.39 Å². The molecular formula is C17H23FN4O. The van der Waals surface area contributed by atoms with Gasteiger partial charge in [0.15, 0.2) is 0 Å². The van der Waals surface area contributed by atoms with Crippen LogP contribution < -0.4 is 5.32 Å². The van der Waals surface area contributed by atoms with Crippen molar-refractivity contribution >= 4 is 5.91 Å². The van der Waals surface area contributed by atoms with Gasteiger partial charge in [0.05, 0.1) is 6.20 Å². The van der Waals surface area contributed by atoms with Crippen LogP contribution in [0.1, 0.15) is 37.1 Å². The fourth-order valence-electron chi connectivity index (χ4n) is 2.39. The normalized spacial score (nSPS) is 12.7. The third-order valence-electron chi connectivity index (χ3n) is 3.62. The van der Waals surface area contributed by atoms with Crippen LogP contribution in [0.2, 0.25) is 0 Å². The number of hydrogen-bond donors (Lipinski definition) is 1. The molecule has 1 N–H and O–H groups in total. The lowest BCUT2D eigenvalue weighted by Gasteiger charge is -2.24. The van der Waals surface area contributed by atoms with E-state index in [1.807, 2.05) is 24.7 Å². The number of nitrogens with one attached hydrogen (secondary N) is 1. The molecule has 23 heavy (non-hydrogen) atoms. The van der Waals surface area contributed by atoms with Gasteiger partial charge >= 0.3 is 0 Å². The maximum atomic E-state index is 14.0. The second-order valence-electron chi connectivity index (χ2n) is 6.03. The quantitative estimate of drug-likeness (QED) is 0.890. The van der Waals surface area contributed by atoms with E-state index in [2.05, 4.69) is 10.4 Å². The Hall–Kier alpha value is -2.21. The largest absolute Gasteiger partial charge is 0.350 e. The summed E-state index contributed by atoms with van der Waals surface area (Å²) in [4.78, 5) is 14.2. The molecule has 1 aromatic heterocycles. The summed E-state index contributed by atoms with van der Waals surface area (Å²) in [6.07, 6.45) is 3.63. The second-order valence-corrected chi connectivity index (χ2v) is 6.03. The van der Waals surface area contributed by atoms with E-state index in [1.165, 1.54) is 6.07 Å². The predicted octanol–water partition coefficient (Wildman–Crippen LogP) is 2.52. The highest BCUT2D eigenvalue weighted by molar-refractivity contribution is 5.83. The smallest absolute Gasteiger partial charge is 0.242 e. The van der Waals surface area contributed by atoms with Crippen molar-refractivity contribution < 1.29 is 9.18 Å². The number of halogens is 1. The molecule has 6 heteroatoms. The van der Waals surface area contributed by atoms with Gasteiger partial charge in [-0.15, -0.1) is 0 Å². The number of benzene rings is 1. The molecule has 1 heterocycles. The van der Waals surface area contributed by atoms with Crippen molar-refractivity contribution in [2.24, 2.45) is 0 Å². The van der Waals surface area contributed by atoms with Crippen molar-refractivity contribution in [1.82, 2.24) is 20.0 Å². The van der Waals surface area contributed by atoms with E-state index in [0.29, 0.717) is 12.1 Å². The molecule has 124 valence electrons. The van der Waals surface area contributed by atoms with Crippen LogP contribution in [0, 0.1) is 5.82 Å². The summed E-state index contributed by atoms with van der Waals surface area (Å²) in [5.74, 6) is -0.619. The molecule has 0 aliphatic heterocycles. The van der Waals surface area contributed by atoms with E-state index < -0.39 is 6.04 Å². The molecule has 0 bridgehead atoms. The molecule has 1 aromatic carbocycles. The first kappa shape index (κ1) is 17.1. The first-order chi connectivity index (χ1) is 10.9. The Labute approximate surface area is 136 Å². The molecule has 1 atom stereocenters. The third kappa shape index (κ3) is 4.16. The molecule has 0 spiro atoms. The van der Waals surface area contributed by atoms with Gasteiger partial charge in [0, 0.05) is 29.9 Å². The SMILES string of the molecule is CC(C)n1cc(CNC(=O)C(c2ccccc2F)N(C)C)cn1. The highest BCUT2D eigenvalue weighted by atomic mass is 19.1. The zero-order chi connectivity index (χ0) is 17.0. The van der Waals surface area contributed by atoms with Gasteiger partial charge in [0.1, 0.15) is 11.9 Å². The van der Waals surface area contributed by atoms with Crippen molar-refractivity contribution in [2.75, 3.05) is 14.1 Å². The molecule has 0 aliphatic carbocycles. The fraction of sp³-hybridized carbons (Fsp3) is 0.412. The lowest BCUT2D eigenvalue weighted by atomic mass is 10.0. The lowest BCUT2D eigenvalue weighted by Crippen LogP contribution is -2.37. The second kappa shape index (κ2) is 7.37. The fourth-order valence-corrected chi connectivity index (χ4v) is 2.39. The molecule has 5 nitrogen and oxygen atoms in total. The monoisotopic (exact) mass is 318 g/mol. The van der Waals surface area contributed by atoms with E-state index >= 15 is 0 Å². The van der Waals surface area contributed by atoms with Gasteiger partial charge in [0.25, 0.3) is 0 Å². The van der Waals surface area contributed by atoms with Crippen LogP contribution in [-0.4, -0.2) is 34.7 Å². The average molecular weight is 318 g/mol. The van der Waals surface area contributed by atoms with Crippen molar-refractivity contribution in [3.8, 4) is 0 Å². The van der Waals surface area contributed by atoms with Crippen LogP contribution in [0.5, 0.6) is 0 Å². The van der Waals surface area contributed by atoms with Gasteiger partial charge in [-0.25, -0.2) is 4.39 Å². The summed E-state index contributed by atoms with van der Waals surface area (Å²) in [6, 6.07) is 5.95. The molecule has 0 fully saturated rings. The molecule has 0 radical (unpaired) electrons. The molecule has 2 rings (SSSR count). The maximum absolute atomic E-state index is 14.0. The molecule has 1 unspecified atom stereocenters. The minimum absolute atomic E-state index is 0.239. The predicted molar refractivity (Wildman–Crippen MR) is 87.3 cm³/mol. The van der Waals surface area contributed by atoms with E-state index in [1.54, 1.807) is 43.4 Å². The van der Waals surface area contributed by atoms with Crippen LogP contribution in [0.15, 0.2) is 36.7 Å². The molecule has 1 amide bonds. The van der Waals surface area contributed by atoms with Gasteiger partial charge in [-0.2, -0.15) is 5.10 Å². The number of aromatic nitrogens is 2. The Morgan fingerprint density at radius 2 is 2.04 bits per heavy atom. The molecular weight excluding hydrogens is 295 g/mol. The lowest BCUT2D eigenvalue weighted by molar-refractivity contribution is -0.126. The summed E-state index contributed by atoms with van der Waals surface area (Å²) in [5, 5.41) is 7.10. The number of carbonyl (C=O) groups excluding carboxylic acids is 1. The van der Waals surface area contributed by atoms with Gasteiger partial charge in [-0.1, -0.05) is 18.2 Å². The first-order valence-corrected chi connectivity index (χ1v) is 7.61. The zero-order valence-corrected chi connectivity index (χ0v) is 14.0. The van der Waals surface area contributed by atoms with Gasteiger partial charge in [-0.3, -0.25) is 14.4 Å². The summed E-state index contributed by atoms with van der Waals surface area (Å²) in [5.41, 5.74) is 1.28. The maximum Gasteiger partial charge on any atom is 0.242 e. The minimum atomic E-state index is -0.670. The number of carbonyl (C=O) groups is 1. The van der Waals surface area contributed by atoms with Gasteiger partial charge < -0.3 is 5.32 Å². The minimum Gasteiger partial charge on any atom is -0.350 e. The topological polar surface area (TPSA) is 50.2 Å². The third-order valence-corrected chi connectivity index (χ3v) is 3.62. The summed E-state index contributed by atoms with van der Waals surface area (Å²) in [6.45, 7) is 4.44. The summed E-state index contributed by atoms with van der Waals surface area (Å²) < 4.78 is 15.8. The van der Waals surface area contributed by atoms with E-state index in [-0.39, 0.29) is 17.8 Å². The summed E-state index contributed by atoms with van der Waals surface area (Å²) >= 11 is 0. The highest BCUT2D eigenvalue weighted by Gasteiger charge is 2.25. The van der Waals surface area contributed by atoms with Gasteiger partial charge in [0.2, 0.25) is 5.91 Å². The van der Waals surface area contributed by atoms with Crippen molar-refractivity contribution in [2.45, 2.75) is 32.5 Å². The van der Waals surface area contributed by atoms with Crippen LogP contribution >= 0.6 is 0 Å². The number of amides is 1. The van der Waals surface area contributed by atoms with E-state index in [0.717, 1.165) is 5.56 Å². The zero-order valence-electron chi connectivity index (χ0n) is 14.0. The Morgan fingerprint density at radius 1 is 1.35 bits per heavy atom. The Bertz CT molecular complexity index is 666. The van der Waals surface area contributed by atoms with Crippen molar-refractivity contribution in [3.63, 3.8) is 0 Å². The molecule has 0 saturated carbocycles. The number of nitrogens with zero attached hydrogens (tertiary/aromatic N) is 3. The number of hydrogen-bond acceptors (Lipinski definition) is 3. The Kier molecular flexibility index (Phi) is 5.50. The Balaban J connectivity index is 2.08. The molecule has 0 saturated heterocycles.